The van der Waals surface area contributed by atoms with Gasteiger partial charge in [-0.3, -0.25) is 14.9 Å². The lowest BCUT2D eigenvalue weighted by Gasteiger charge is -2.23. The van der Waals surface area contributed by atoms with Crippen molar-refractivity contribution < 1.29 is 14.5 Å². The van der Waals surface area contributed by atoms with Crippen molar-refractivity contribution >= 4 is 17.3 Å². The third kappa shape index (κ3) is 4.97. The standard InChI is InChI=1S/C14H20N4O4/c19-14(9-11-10-22-8-7-15-11)17-6-5-16-12-3-1-2-4-13(12)18(20)21/h1-4,11,15-16H,5-10H2,(H,17,19). The van der Waals surface area contributed by atoms with Crippen molar-refractivity contribution in [3.8, 4) is 0 Å². The van der Waals surface area contributed by atoms with Crippen molar-refractivity contribution in [3.63, 3.8) is 0 Å². The van der Waals surface area contributed by atoms with Crippen LogP contribution in [0.5, 0.6) is 0 Å². The van der Waals surface area contributed by atoms with Gasteiger partial charge >= 0.3 is 0 Å². The smallest absolute Gasteiger partial charge is 0.292 e. The predicted molar refractivity (Wildman–Crippen MR) is 81.8 cm³/mol. The maximum absolute atomic E-state index is 11.8. The highest BCUT2D eigenvalue weighted by Gasteiger charge is 2.16. The Labute approximate surface area is 128 Å². The van der Waals surface area contributed by atoms with Gasteiger partial charge in [0.15, 0.2) is 0 Å². The number of nitro benzene ring substituents is 1. The second-order valence-electron chi connectivity index (χ2n) is 4.98. The molecule has 0 aromatic heterocycles. The molecule has 1 aliphatic rings. The largest absolute Gasteiger partial charge is 0.378 e. The second-order valence-corrected chi connectivity index (χ2v) is 4.98. The maximum atomic E-state index is 11.8. The molecule has 2 rings (SSSR count). The van der Waals surface area contributed by atoms with Gasteiger partial charge < -0.3 is 20.7 Å². The number of hydrogen-bond acceptors (Lipinski definition) is 6. The van der Waals surface area contributed by atoms with Crippen molar-refractivity contribution in [2.75, 3.05) is 38.2 Å². The number of para-hydroxylation sites is 2. The fourth-order valence-electron chi connectivity index (χ4n) is 2.23. The summed E-state index contributed by atoms with van der Waals surface area (Å²) in [4.78, 5) is 22.2. The first-order valence-electron chi connectivity index (χ1n) is 7.22. The first kappa shape index (κ1) is 16.2. The molecule has 1 heterocycles. The number of benzene rings is 1. The Morgan fingerprint density at radius 3 is 2.95 bits per heavy atom. The summed E-state index contributed by atoms with van der Waals surface area (Å²) < 4.78 is 5.28. The highest BCUT2D eigenvalue weighted by molar-refractivity contribution is 5.76. The van der Waals surface area contributed by atoms with E-state index in [0.29, 0.717) is 38.4 Å². The molecule has 3 N–H and O–H groups in total. The van der Waals surface area contributed by atoms with Crippen LogP contribution in [0, 0.1) is 10.1 Å². The van der Waals surface area contributed by atoms with Gasteiger partial charge in [0.2, 0.25) is 5.91 Å². The average molecular weight is 308 g/mol. The number of nitrogens with zero attached hydrogens (tertiary/aromatic N) is 1. The Balaban J connectivity index is 1.68. The number of rotatable bonds is 7. The van der Waals surface area contributed by atoms with Crippen LogP contribution in [0.25, 0.3) is 0 Å². The molecule has 8 nitrogen and oxygen atoms in total. The molecule has 1 aromatic carbocycles. The zero-order valence-corrected chi connectivity index (χ0v) is 12.2. The number of anilines is 1. The zero-order chi connectivity index (χ0) is 15.8. The SMILES string of the molecule is O=C(CC1COCCN1)NCCNc1ccccc1[N+](=O)[O-]. The minimum absolute atomic E-state index is 0.0254. The molecule has 0 saturated carbocycles. The molecule has 22 heavy (non-hydrogen) atoms. The quantitative estimate of drug-likeness (QED) is 0.385. The molecule has 1 fully saturated rings. The van der Waals surface area contributed by atoms with Gasteiger partial charge in [0.1, 0.15) is 5.69 Å². The van der Waals surface area contributed by atoms with E-state index in [0.717, 1.165) is 6.54 Å². The monoisotopic (exact) mass is 308 g/mol. The number of morpholine rings is 1. The summed E-state index contributed by atoms with van der Waals surface area (Å²) in [6, 6.07) is 6.48. The van der Waals surface area contributed by atoms with Crippen LogP contribution in [-0.4, -0.2) is 49.7 Å². The number of nitrogens with one attached hydrogen (secondary N) is 3. The van der Waals surface area contributed by atoms with Crippen LogP contribution >= 0.6 is 0 Å². The fraction of sp³-hybridized carbons (Fsp3) is 0.500. The molecule has 1 unspecified atom stereocenters. The highest BCUT2D eigenvalue weighted by Crippen LogP contribution is 2.22. The normalized spacial score (nSPS) is 17.7. The average Bonchev–Trinajstić information content (AvgIpc) is 2.53. The van der Waals surface area contributed by atoms with Gasteiger partial charge in [0, 0.05) is 38.2 Å². The van der Waals surface area contributed by atoms with Crippen molar-refractivity contribution in [1.82, 2.24) is 10.6 Å². The maximum Gasteiger partial charge on any atom is 0.292 e. The van der Waals surface area contributed by atoms with Crippen LogP contribution in [-0.2, 0) is 9.53 Å². The van der Waals surface area contributed by atoms with E-state index in [4.69, 9.17) is 4.74 Å². The van der Waals surface area contributed by atoms with Gasteiger partial charge in [0.05, 0.1) is 18.1 Å². The molecule has 1 aromatic rings. The third-order valence-corrected chi connectivity index (χ3v) is 3.29. The van der Waals surface area contributed by atoms with Crippen molar-refractivity contribution in [2.24, 2.45) is 0 Å². The molecule has 0 bridgehead atoms. The summed E-state index contributed by atoms with van der Waals surface area (Å²) in [6.45, 7) is 2.81. The van der Waals surface area contributed by atoms with Crippen LogP contribution < -0.4 is 16.0 Å². The van der Waals surface area contributed by atoms with Gasteiger partial charge in [-0.25, -0.2) is 0 Å². The Morgan fingerprint density at radius 2 is 2.23 bits per heavy atom. The summed E-state index contributed by atoms with van der Waals surface area (Å²) in [6.07, 6.45) is 0.367. The lowest BCUT2D eigenvalue weighted by molar-refractivity contribution is -0.384. The molecule has 1 aliphatic heterocycles. The van der Waals surface area contributed by atoms with E-state index in [9.17, 15) is 14.9 Å². The van der Waals surface area contributed by atoms with E-state index in [1.54, 1.807) is 18.2 Å². The number of ether oxygens (including phenoxy) is 1. The van der Waals surface area contributed by atoms with Crippen LogP contribution in [0.1, 0.15) is 6.42 Å². The van der Waals surface area contributed by atoms with E-state index in [1.807, 2.05) is 0 Å². The number of nitro groups is 1. The van der Waals surface area contributed by atoms with E-state index in [1.165, 1.54) is 6.07 Å². The minimum Gasteiger partial charge on any atom is -0.378 e. The molecule has 0 aliphatic carbocycles. The van der Waals surface area contributed by atoms with E-state index < -0.39 is 4.92 Å². The first-order valence-corrected chi connectivity index (χ1v) is 7.22. The van der Waals surface area contributed by atoms with Crippen LogP contribution in [0.3, 0.4) is 0 Å². The van der Waals surface area contributed by atoms with Crippen LogP contribution in [0.2, 0.25) is 0 Å². The number of amides is 1. The van der Waals surface area contributed by atoms with E-state index in [2.05, 4.69) is 16.0 Å². The Kier molecular flexibility index (Phi) is 6.11. The minimum atomic E-state index is -0.435. The Morgan fingerprint density at radius 1 is 1.41 bits per heavy atom. The lowest BCUT2D eigenvalue weighted by Crippen LogP contribution is -2.44. The van der Waals surface area contributed by atoms with Crippen molar-refractivity contribution in [1.29, 1.82) is 0 Å². The summed E-state index contributed by atoms with van der Waals surface area (Å²) in [7, 11) is 0. The van der Waals surface area contributed by atoms with Gasteiger partial charge in [-0.15, -0.1) is 0 Å². The van der Waals surface area contributed by atoms with Crippen molar-refractivity contribution in [2.45, 2.75) is 12.5 Å². The van der Waals surface area contributed by atoms with E-state index in [-0.39, 0.29) is 17.6 Å². The topological polar surface area (TPSA) is 106 Å². The highest BCUT2D eigenvalue weighted by atomic mass is 16.6. The van der Waals surface area contributed by atoms with Gasteiger partial charge in [-0.1, -0.05) is 12.1 Å². The number of hydrogen-bond donors (Lipinski definition) is 3. The second kappa shape index (κ2) is 8.30. The van der Waals surface area contributed by atoms with Gasteiger partial charge in [0.25, 0.3) is 5.69 Å². The fourth-order valence-corrected chi connectivity index (χ4v) is 2.23. The molecule has 0 spiro atoms. The third-order valence-electron chi connectivity index (χ3n) is 3.29. The molecule has 1 atom stereocenters. The summed E-state index contributed by atoms with van der Waals surface area (Å²) in [5.41, 5.74) is 0.474. The number of carbonyl (C=O) groups is 1. The Hall–Kier alpha value is -2.19. The summed E-state index contributed by atoms with van der Waals surface area (Å²) >= 11 is 0. The molecular formula is C14H20N4O4. The van der Waals surface area contributed by atoms with Gasteiger partial charge in [-0.2, -0.15) is 0 Å². The molecule has 1 amide bonds. The van der Waals surface area contributed by atoms with Crippen LogP contribution in [0.15, 0.2) is 24.3 Å². The lowest BCUT2D eigenvalue weighted by atomic mass is 10.2. The van der Waals surface area contributed by atoms with Gasteiger partial charge in [-0.05, 0) is 6.07 Å². The molecular weight excluding hydrogens is 288 g/mol. The van der Waals surface area contributed by atoms with Crippen molar-refractivity contribution in [3.05, 3.63) is 34.4 Å². The molecule has 0 radical (unpaired) electrons. The Bertz CT molecular complexity index is 517. The summed E-state index contributed by atoms with van der Waals surface area (Å²) in [5, 5.41) is 19.8. The molecule has 1 saturated heterocycles. The molecule has 8 heteroatoms. The first-order chi connectivity index (χ1) is 10.7. The predicted octanol–water partition coefficient (Wildman–Crippen LogP) is 0.501. The van der Waals surface area contributed by atoms with E-state index >= 15 is 0 Å². The molecule has 120 valence electrons. The number of carbonyl (C=O) groups excluding carboxylic acids is 1. The van der Waals surface area contributed by atoms with Crippen LogP contribution in [0.4, 0.5) is 11.4 Å². The zero-order valence-electron chi connectivity index (χ0n) is 12.2. The summed E-state index contributed by atoms with van der Waals surface area (Å²) in [5.74, 6) is -0.0626.